The molecular formula is C5H6N. The largest absolute Gasteiger partial charge is 0.198 e. The zero-order valence-corrected chi connectivity index (χ0v) is 3.52. The highest BCUT2D eigenvalue weighted by molar-refractivity contribution is 5.00. The van der Waals surface area contributed by atoms with Crippen molar-refractivity contribution in [2.75, 3.05) is 0 Å². The Morgan fingerprint density at radius 1 is 1.83 bits per heavy atom. The molecule has 31 valence electrons. The van der Waals surface area contributed by atoms with Gasteiger partial charge in [0, 0.05) is 5.92 Å². The van der Waals surface area contributed by atoms with Crippen LogP contribution in [0.5, 0.6) is 0 Å². The second-order valence-electron chi connectivity index (χ2n) is 1.55. The van der Waals surface area contributed by atoms with E-state index in [1.807, 2.05) is 6.42 Å². The summed E-state index contributed by atoms with van der Waals surface area (Å²) in [7, 11) is 0. The van der Waals surface area contributed by atoms with E-state index in [0.29, 0.717) is 5.92 Å². The quantitative estimate of drug-likeness (QED) is 0.427. The fourth-order valence-corrected chi connectivity index (χ4v) is 0.451. The molecule has 6 heavy (non-hydrogen) atoms. The van der Waals surface area contributed by atoms with E-state index < -0.39 is 0 Å². The van der Waals surface area contributed by atoms with Crippen molar-refractivity contribution >= 4 is 0 Å². The Morgan fingerprint density at radius 2 is 2.50 bits per heavy atom. The summed E-state index contributed by atoms with van der Waals surface area (Å²) in [4.78, 5) is 0. The zero-order valence-electron chi connectivity index (χ0n) is 3.52. The van der Waals surface area contributed by atoms with Crippen LogP contribution in [0.3, 0.4) is 0 Å². The van der Waals surface area contributed by atoms with Gasteiger partial charge in [-0.3, -0.25) is 0 Å². The number of hydrogen-bond donors (Lipinski definition) is 0. The van der Waals surface area contributed by atoms with E-state index in [1.54, 1.807) is 0 Å². The smallest absolute Gasteiger partial charge is 0.0658 e. The van der Waals surface area contributed by atoms with Crippen LogP contribution in [-0.2, 0) is 0 Å². The Hall–Kier alpha value is -0.510. The van der Waals surface area contributed by atoms with Gasteiger partial charge in [-0.1, -0.05) is 0 Å². The highest BCUT2D eigenvalue weighted by Gasteiger charge is 2.15. The molecule has 0 N–H and O–H groups in total. The summed E-state index contributed by atoms with van der Waals surface area (Å²) in [6, 6.07) is 2.15. The number of rotatable bonds is 0. The van der Waals surface area contributed by atoms with Crippen LogP contribution in [0.4, 0.5) is 0 Å². The SMILES string of the molecule is N#CC1[CH]CC1. The van der Waals surface area contributed by atoms with Crippen molar-refractivity contribution in [3.63, 3.8) is 0 Å². The third-order valence-corrected chi connectivity index (χ3v) is 1.09. The normalized spacial score (nSPS) is 21.8. The molecule has 0 aromatic rings. The average molecular weight is 80.1 g/mol. The molecule has 0 spiro atoms. The summed E-state index contributed by atoms with van der Waals surface area (Å²) in [5.41, 5.74) is 0. The Labute approximate surface area is 37.6 Å². The maximum Gasteiger partial charge on any atom is 0.0658 e. The van der Waals surface area contributed by atoms with Crippen molar-refractivity contribution in [3.05, 3.63) is 6.42 Å². The minimum Gasteiger partial charge on any atom is -0.198 e. The third kappa shape index (κ3) is 0.386. The molecule has 0 aromatic heterocycles. The van der Waals surface area contributed by atoms with Gasteiger partial charge in [0.05, 0.1) is 6.07 Å². The van der Waals surface area contributed by atoms with E-state index in [1.165, 1.54) is 0 Å². The molecule has 0 saturated heterocycles. The minimum absolute atomic E-state index is 0.296. The first kappa shape index (κ1) is 3.67. The van der Waals surface area contributed by atoms with Crippen LogP contribution < -0.4 is 0 Å². The van der Waals surface area contributed by atoms with E-state index in [-0.39, 0.29) is 0 Å². The lowest BCUT2D eigenvalue weighted by atomic mass is 9.87. The van der Waals surface area contributed by atoms with Gasteiger partial charge >= 0.3 is 0 Å². The number of hydrogen-bond acceptors (Lipinski definition) is 1. The molecule has 1 aliphatic rings. The minimum atomic E-state index is 0.296. The van der Waals surface area contributed by atoms with Crippen LogP contribution in [0.2, 0.25) is 0 Å². The maximum atomic E-state index is 8.10. The summed E-state index contributed by atoms with van der Waals surface area (Å²) in [5, 5.41) is 8.10. The molecule has 1 rings (SSSR count). The Balaban J connectivity index is 2.22. The summed E-state index contributed by atoms with van der Waals surface area (Å²) in [6.07, 6.45) is 4.29. The molecular weight excluding hydrogens is 74.1 g/mol. The van der Waals surface area contributed by atoms with Crippen LogP contribution >= 0.6 is 0 Å². The van der Waals surface area contributed by atoms with Crippen molar-refractivity contribution < 1.29 is 0 Å². The monoisotopic (exact) mass is 80.1 g/mol. The van der Waals surface area contributed by atoms with E-state index in [2.05, 4.69) is 6.07 Å². The highest BCUT2D eigenvalue weighted by Crippen LogP contribution is 2.23. The van der Waals surface area contributed by atoms with E-state index in [0.717, 1.165) is 12.8 Å². The van der Waals surface area contributed by atoms with Gasteiger partial charge in [0.15, 0.2) is 0 Å². The molecule has 0 amide bonds. The first-order valence-corrected chi connectivity index (χ1v) is 2.16. The Kier molecular flexibility index (Phi) is 0.795. The molecule has 1 radical (unpaired) electrons. The first-order chi connectivity index (χ1) is 2.93. The van der Waals surface area contributed by atoms with E-state index >= 15 is 0 Å². The summed E-state index contributed by atoms with van der Waals surface area (Å²) < 4.78 is 0. The van der Waals surface area contributed by atoms with E-state index in [9.17, 15) is 0 Å². The lowest BCUT2D eigenvalue weighted by Crippen LogP contribution is -2.07. The van der Waals surface area contributed by atoms with Gasteiger partial charge in [-0.2, -0.15) is 5.26 Å². The standard InChI is InChI=1S/C5H6N/c6-4-5-2-1-3-5/h2,5H,1,3H2. The lowest BCUT2D eigenvalue weighted by Gasteiger charge is -2.15. The molecule has 0 aromatic carbocycles. The average Bonchev–Trinajstić information content (AvgIpc) is 1.31. The highest BCUT2D eigenvalue weighted by atomic mass is 14.3. The molecule has 1 heteroatoms. The van der Waals surface area contributed by atoms with Gasteiger partial charge in [-0.15, -0.1) is 0 Å². The molecule has 1 aliphatic carbocycles. The van der Waals surface area contributed by atoms with Crippen LogP contribution in [0.15, 0.2) is 0 Å². The fraction of sp³-hybridized carbons (Fsp3) is 0.600. The van der Waals surface area contributed by atoms with Crippen LogP contribution in [0.25, 0.3) is 0 Å². The lowest BCUT2D eigenvalue weighted by molar-refractivity contribution is 0.533. The van der Waals surface area contributed by atoms with Gasteiger partial charge in [-0.25, -0.2) is 0 Å². The maximum absolute atomic E-state index is 8.10. The topological polar surface area (TPSA) is 23.8 Å². The molecule has 0 aliphatic heterocycles. The third-order valence-electron chi connectivity index (χ3n) is 1.09. The van der Waals surface area contributed by atoms with Crippen molar-refractivity contribution in [3.8, 4) is 6.07 Å². The zero-order chi connectivity index (χ0) is 4.41. The molecule has 0 bridgehead atoms. The summed E-state index contributed by atoms with van der Waals surface area (Å²) >= 11 is 0. The first-order valence-electron chi connectivity index (χ1n) is 2.16. The molecule has 1 atom stereocenters. The predicted molar refractivity (Wildman–Crippen MR) is 22.6 cm³/mol. The van der Waals surface area contributed by atoms with Gasteiger partial charge < -0.3 is 0 Å². The number of nitrogens with zero attached hydrogens (tertiary/aromatic N) is 1. The molecule has 1 unspecified atom stereocenters. The number of nitriles is 1. The predicted octanol–water partition coefficient (Wildman–Crippen LogP) is 1.12. The Bertz CT molecular complexity index is 76.4. The molecule has 0 heterocycles. The molecule has 1 fully saturated rings. The summed E-state index contributed by atoms with van der Waals surface area (Å²) in [6.45, 7) is 0. The molecule has 1 saturated carbocycles. The van der Waals surface area contributed by atoms with Crippen LogP contribution in [-0.4, -0.2) is 0 Å². The second kappa shape index (κ2) is 1.30. The van der Waals surface area contributed by atoms with Crippen molar-refractivity contribution in [2.24, 2.45) is 5.92 Å². The van der Waals surface area contributed by atoms with Crippen molar-refractivity contribution in [1.82, 2.24) is 0 Å². The van der Waals surface area contributed by atoms with Gasteiger partial charge in [0.25, 0.3) is 0 Å². The van der Waals surface area contributed by atoms with Crippen molar-refractivity contribution in [1.29, 1.82) is 5.26 Å². The van der Waals surface area contributed by atoms with Crippen LogP contribution in [0.1, 0.15) is 12.8 Å². The van der Waals surface area contributed by atoms with Gasteiger partial charge in [0.1, 0.15) is 0 Å². The Morgan fingerprint density at radius 3 is 2.50 bits per heavy atom. The van der Waals surface area contributed by atoms with Crippen molar-refractivity contribution in [2.45, 2.75) is 12.8 Å². The fourth-order valence-electron chi connectivity index (χ4n) is 0.451. The van der Waals surface area contributed by atoms with E-state index in [4.69, 9.17) is 5.26 Å². The molecule has 1 nitrogen and oxygen atoms in total. The van der Waals surface area contributed by atoms with Gasteiger partial charge in [0.2, 0.25) is 0 Å². The summed E-state index contributed by atoms with van der Waals surface area (Å²) in [5.74, 6) is 0.296. The van der Waals surface area contributed by atoms with Crippen LogP contribution in [0, 0.1) is 23.7 Å². The van der Waals surface area contributed by atoms with Gasteiger partial charge in [-0.05, 0) is 19.3 Å². The second-order valence-corrected chi connectivity index (χ2v) is 1.55.